The van der Waals surface area contributed by atoms with Gasteiger partial charge in [0.1, 0.15) is 0 Å². The second-order valence-corrected chi connectivity index (χ2v) is 5.56. The van der Waals surface area contributed by atoms with Gasteiger partial charge in [-0.05, 0) is 19.9 Å². The number of piperidine rings is 1. The molecule has 2 unspecified atom stereocenters. The first kappa shape index (κ1) is 18.4. The highest BCUT2D eigenvalue weighted by molar-refractivity contribution is 5.94. The Morgan fingerprint density at radius 3 is 2.83 bits per heavy atom. The van der Waals surface area contributed by atoms with Crippen molar-refractivity contribution in [3.05, 3.63) is 42.4 Å². The minimum Gasteiger partial charge on any atom is -0.461 e. The maximum absolute atomic E-state index is 12.2. The van der Waals surface area contributed by atoms with Gasteiger partial charge in [-0.2, -0.15) is 0 Å². The zero-order valence-corrected chi connectivity index (χ0v) is 14.3. The maximum Gasteiger partial charge on any atom is 0.359 e. The van der Waals surface area contributed by atoms with Gasteiger partial charge in [0.15, 0.2) is 5.69 Å². The van der Waals surface area contributed by atoms with E-state index in [9.17, 15) is 9.90 Å². The van der Waals surface area contributed by atoms with E-state index in [0.29, 0.717) is 25.3 Å². The van der Waals surface area contributed by atoms with Crippen molar-refractivity contribution in [1.29, 1.82) is 0 Å². The van der Waals surface area contributed by atoms with Gasteiger partial charge in [-0.1, -0.05) is 30.3 Å². The van der Waals surface area contributed by atoms with Crippen LogP contribution in [-0.2, 0) is 4.74 Å². The number of halogens is 1. The van der Waals surface area contributed by atoms with Crippen molar-refractivity contribution in [2.45, 2.75) is 25.5 Å². The summed E-state index contributed by atoms with van der Waals surface area (Å²) in [6.07, 6.45) is 1.82. The Morgan fingerprint density at radius 1 is 1.42 bits per heavy atom. The van der Waals surface area contributed by atoms with E-state index in [0.717, 1.165) is 12.1 Å². The number of benzene rings is 1. The Balaban J connectivity index is 0.00000208. The number of nitrogens with one attached hydrogen (secondary N) is 1. The third-order valence-corrected chi connectivity index (χ3v) is 4.08. The average Bonchev–Trinajstić information content (AvgIpc) is 3.01. The van der Waals surface area contributed by atoms with Crippen molar-refractivity contribution in [3.8, 4) is 11.3 Å². The van der Waals surface area contributed by atoms with Crippen LogP contribution in [0, 0.1) is 0 Å². The standard InChI is InChI=1S/C17H21N3O3.ClH/c1-2-23-17(22)15-16(12-6-4-3-5-7-12)20(11-19-15)13-10-18-9-8-14(13)21;/h3-7,11,13-14,18,21H,2,8-10H2,1H3;1H. The molecule has 1 fully saturated rings. The van der Waals surface area contributed by atoms with Crippen LogP contribution >= 0.6 is 12.4 Å². The first-order chi connectivity index (χ1) is 11.2. The Bertz CT molecular complexity index is 675. The number of carbonyl (C=O) groups excluding carboxylic acids is 1. The third kappa shape index (κ3) is 3.61. The molecule has 2 heterocycles. The van der Waals surface area contributed by atoms with E-state index in [1.54, 1.807) is 13.3 Å². The normalized spacial score (nSPS) is 20.2. The predicted octanol–water partition coefficient (Wildman–Crippen LogP) is 2.04. The summed E-state index contributed by atoms with van der Waals surface area (Å²) in [5.74, 6) is -0.441. The van der Waals surface area contributed by atoms with Crippen LogP contribution in [0.4, 0.5) is 0 Å². The van der Waals surface area contributed by atoms with Crippen LogP contribution in [0.15, 0.2) is 36.7 Å². The van der Waals surface area contributed by atoms with Crippen LogP contribution in [0.2, 0.25) is 0 Å². The van der Waals surface area contributed by atoms with Gasteiger partial charge in [0.25, 0.3) is 0 Å². The van der Waals surface area contributed by atoms with Gasteiger partial charge in [-0.25, -0.2) is 9.78 Å². The molecule has 24 heavy (non-hydrogen) atoms. The zero-order valence-electron chi connectivity index (χ0n) is 13.5. The molecule has 1 aromatic carbocycles. The van der Waals surface area contributed by atoms with Crippen LogP contribution in [0.1, 0.15) is 29.9 Å². The quantitative estimate of drug-likeness (QED) is 0.824. The number of imidazole rings is 1. The van der Waals surface area contributed by atoms with Crippen molar-refractivity contribution in [2.75, 3.05) is 19.7 Å². The number of hydrogen-bond donors (Lipinski definition) is 2. The highest BCUT2D eigenvalue weighted by Gasteiger charge is 2.29. The molecule has 0 saturated carbocycles. The summed E-state index contributed by atoms with van der Waals surface area (Å²) < 4.78 is 7.01. The largest absolute Gasteiger partial charge is 0.461 e. The summed E-state index contributed by atoms with van der Waals surface area (Å²) in [6, 6.07) is 9.45. The van der Waals surface area contributed by atoms with Crippen molar-refractivity contribution in [2.24, 2.45) is 0 Å². The van der Waals surface area contributed by atoms with Crippen LogP contribution < -0.4 is 5.32 Å². The van der Waals surface area contributed by atoms with Crippen LogP contribution in [0.5, 0.6) is 0 Å². The number of esters is 1. The summed E-state index contributed by atoms with van der Waals surface area (Å²) in [7, 11) is 0. The van der Waals surface area contributed by atoms with Crippen molar-refractivity contribution in [1.82, 2.24) is 14.9 Å². The van der Waals surface area contributed by atoms with E-state index < -0.39 is 12.1 Å². The topological polar surface area (TPSA) is 76.4 Å². The molecule has 0 bridgehead atoms. The molecule has 6 nitrogen and oxygen atoms in total. The van der Waals surface area contributed by atoms with Crippen molar-refractivity contribution < 1.29 is 14.6 Å². The number of aliphatic hydroxyl groups is 1. The molecule has 1 aromatic heterocycles. The summed E-state index contributed by atoms with van der Waals surface area (Å²) in [4.78, 5) is 16.5. The van der Waals surface area contributed by atoms with Gasteiger partial charge in [-0.15, -0.1) is 12.4 Å². The number of hydrogen-bond acceptors (Lipinski definition) is 5. The fourth-order valence-electron chi connectivity index (χ4n) is 2.96. The lowest BCUT2D eigenvalue weighted by Crippen LogP contribution is -2.41. The number of aliphatic hydroxyl groups excluding tert-OH is 1. The molecule has 0 spiro atoms. The van der Waals surface area contributed by atoms with Gasteiger partial charge in [0, 0.05) is 12.1 Å². The number of nitrogens with zero attached hydrogens (tertiary/aromatic N) is 2. The number of aromatic nitrogens is 2. The molecule has 2 atom stereocenters. The van der Waals surface area contributed by atoms with Gasteiger partial charge in [-0.3, -0.25) is 0 Å². The fourth-order valence-corrected chi connectivity index (χ4v) is 2.96. The molecule has 2 aromatic rings. The lowest BCUT2D eigenvalue weighted by atomic mass is 10.0. The van der Waals surface area contributed by atoms with Crippen LogP contribution in [-0.4, -0.2) is 46.4 Å². The van der Waals surface area contributed by atoms with Crippen molar-refractivity contribution in [3.63, 3.8) is 0 Å². The molecule has 2 N–H and O–H groups in total. The second kappa shape index (κ2) is 8.28. The molecular weight excluding hydrogens is 330 g/mol. The molecular formula is C17H22ClN3O3. The maximum atomic E-state index is 12.2. The molecule has 1 saturated heterocycles. The molecule has 1 aliphatic heterocycles. The smallest absolute Gasteiger partial charge is 0.359 e. The van der Waals surface area contributed by atoms with E-state index in [-0.39, 0.29) is 24.1 Å². The third-order valence-electron chi connectivity index (χ3n) is 4.08. The summed E-state index contributed by atoms with van der Waals surface area (Å²) in [5.41, 5.74) is 1.86. The van der Waals surface area contributed by atoms with E-state index in [1.807, 2.05) is 34.9 Å². The van der Waals surface area contributed by atoms with Crippen molar-refractivity contribution >= 4 is 18.4 Å². The lowest BCUT2D eigenvalue weighted by molar-refractivity contribution is 0.0520. The van der Waals surface area contributed by atoms with Gasteiger partial charge in [0.2, 0.25) is 0 Å². The SMILES string of the molecule is CCOC(=O)c1ncn(C2CNCCC2O)c1-c1ccccc1.Cl. The lowest BCUT2D eigenvalue weighted by Gasteiger charge is -2.30. The first-order valence-corrected chi connectivity index (χ1v) is 7.90. The summed E-state index contributed by atoms with van der Waals surface area (Å²) in [6.45, 7) is 3.50. The summed E-state index contributed by atoms with van der Waals surface area (Å²) in [5, 5.41) is 13.6. The monoisotopic (exact) mass is 351 g/mol. The van der Waals surface area contributed by atoms with E-state index in [2.05, 4.69) is 10.3 Å². The first-order valence-electron chi connectivity index (χ1n) is 7.90. The highest BCUT2D eigenvalue weighted by atomic mass is 35.5. The molecule has 0 aliphatic carbocycles. The zero-order chi connectivity index (χ0) is 16.2. The molecule has 0 radical (unpaired) electrons. The number of rotatable bonds is 4. The Kier molecular flexibility index (Phi) is 6.36. The second-order valence-electron chi connectivity index (χ2n) is 5.56. The van der Waals surface area contributed by atoms with Gasteiger partial charge >= 0.3 is 5.97 Å². The Hall–Kier alpha value is -1.89. The van der Waals surface area contributed by atoms with E-state index >= 15 is 0 Å². The number of carbonyl (C=O) groups is 1. The average molecular weight is 352 g/mol. The fraction of sp³-hybridized carbons (Fsp3) is 0.412. The van der Waals surface area contributed by atoms with Gasteiger partial charge < -0.3 is 19.7 Å². The predicted molar refractivity (Wildman–Crippen MR) is 93.4 cm³/mol. The molecule has 0 amide bonds. The Labute approximate surface area is 147 Å². The highest BCUT2D eigenvalue weighted by Crippen LogP contribution is 2.29. The van der Waals surface area contributed by atoms with Gasteiger partial charge in [0.05, 0.1) is 30.8 Å². The van der Waals surface area contributed by atoms with Crippen LogP contribution in [0.25, 0.3) is 11.3 Å². The minimum absolute atomic E-state index is 0. The summed E-state index contributed by atoms with van der Waals surface area (Å²) >= 11 is 0. The molecule has 1 aliphatic rings. The molecule has 7 heteroatoms. The Morgan fingerprint density at radius 2 is 2.17 bits per heavy atom. The molecule has 3 rings (SSSR count). The number of ether oxygens (including phenoxy) is 1. The van der Waals surface area contributed by atoms with E-state index in [1.165, 1.54) is 0 Å². The minimum atomic E-state index is -0.469. The van der Waals surface area contributed by atoms with Crippen LogP contribution in [0.3, 0.4) is 0 Å². The molecule has 130 valence electrons. The van der Waals surface area contributed by atoms with E-state index in [4.69, 9.17) is 4.74 Å².